The lowest BCUT2D eigenvalue weighted by atomic mass is 9.84. The maximum Gasteiger partial charge on any atom is 0.323 e. The van der Waals surface area contributed by atoms with Gasteiger partial charge in [0.1, 0.15) is 17.5 Å². The van der Waals surface area contributed by atoms with Crippen molar-refractivity contribution in [2.24, 2.45) is 0 Å². The van der Waals surface area contributed by atoms with Crippen LogP contribution in [-0.2, 0) is 24.0 Å². The fourth-order valence-corrected chi connectivity index (χ4v) is 3.96. The molecule has 28 heavy (non-hydrogen) atoms. The van der Waals surface area contributed by atoms with E-state index in [9.17, 15) is 9.90 Å². The van der Waals surface area contributed by atoms with Crippen LogP contribution in [0.3, 0.4) is 0 Å². The van der Waals surface area contributed by atoms with Gasteiger partial charge in [0.25, 0.3) is 0 Å². The van der Waals surface area contributed by atoms with Crippen LogP contribution < -0.4 is 11.0 Å². The second-order valence-corrected chi connectivity index (χ2v) is 7.99. The number of fused-ring (bicyclic) bond motifs is 2. The number of H-pyrrole nitrogens is 2. The number of aromatic nitrogens is 2. The lowest BCUT2D eigenvalue weighted by molar-refractivity contribution is -0.0966. The van der Waals surface area contributed by atoms with Gasteiger partial charge < -0.3 is 25.1 Å². The lowest BCUT2D eigenvalue weighted by Gasteiger charge is -2.44. The molecule has 1 aromatic heterocycles. The molecule has 1 saturated heterocycles. The van der Waals surface area contributed by atoms with E-state index in [-0.39, 0.29) is 11.7 Å². The summed E-state index contributed by atoms with van der Waals surface area (Å²) in [7, 11) is 0. The van der Waals surface area contributed by atoms with E-state index in [0.29, 0.717) is 12.8 Å². The number of hydrogen-bond acceptors (Lipinski definition) is 4. The van der Waals surface area contributed by atoms with E-state index in [4.69, 9.17) is 4.74 Å². The Kier molecular flexibility index (Phi) is 5.00. The second-order valence-electron chi connectivity index (χ2n) is 7.99. The molecule has 1 aromatic carbocycles. The summed E-state index contributed by atoms with van der Waals surface area (Å²) >= 11 is 0. The largest absolute Gasteiger partial charge is 0.485 e. The molecular weight excluding hydrogens is 354 g/mol. The molecule has 2 heterocycles. The summed E-state index contributed by atoms with van der Waals surface area (Å²) < 4.78 is 6.14. The molecule has 0 amide bonds. The lowest BCUT2D eigenvalue weighted by Crippen LogP contribution is -2.57. The van der Waals surface area contributed by atoms with E-state index >= 15 is 0 Å². The first kappa shape index (κ1) is 18.8. The van der Waals surface area contributed by atoms with Crippen LogP contribution in [0.2, 0.25) is 0 Å². The first-order chi connectivity index (χ1) is 13.4. The van der Waals surface area contributed by atoms with Gasteiger partial charge in [-0.2, -0.15) is 0 Å². The van der Waals surface area contributed by atoms with Crippen molar-refractivity contribution in [1.29, 1.82) is 0 Å². The van der Waals surface area contributed by atoms with Gasteiger partial charge in [0, 0.05) is 29.8 Å². The molecule has 1 aliphatic carbocycles. The van der Waals surface area contributed by atoms with Crippen LogP contribution in [0.25, 0.3) is 0 Å². The molecule has 2 aromatic rings. The fraction of sp³-hybridized carbons (Fsp3) is 0.409. The minimum atomic E-state index is -0.707. The Labute approximate surface area is 164 Å². The molecule has 0 radical (unpaired) electrons. The molecule has 6 nitrogen and oxygen atoms in total. The zero-order chi connectivity index (χ0) is 19.7. The number of imidazole rings is 1. The van der Waals surface area contributed by atoms with Gasteiger partial charge in [-0.25, -0.2) is 4.79 Å². The summed E-state index contributed by atoms with van der Waals surface area (Å²) in [4.78, 5) is 17.4. The summed E-state index contributed by atoms with van der Waals surface area (Å²) in [6.07, 6.45) is 5.42. The number of allylic oxidation sites excluding steroid dienone is 2. The van der Waals surface area contributed by atoms with Crippen LogP contribution in [0.5, 0.6) is 0 Å². The SMILES string of the molecule is CC1(C)OC2=C/Cc3[nH]c(=O)[nH]c3C/C=C\2C(NCCc2ccccc2)C1O. The Balaban J connectivity index is 1.58. The summed E-state index contributed by atoms with van der Waals surface area (Å²) in [5.41, 5.74) is 3.08. The number of aromatic amines is 2. The van der Waals surface area contributed by atoms with E-state index in [0.717, 1.165) is 35.7 Å². The maximum absolute atomic E-state index is 11.7. The average molecular weight is 381 g/mol. The van der Waals surface area contributed by atoms with E-state index in [1.165, 1.54) is 5.56 Å². The molecule has 0 spiro atoms. The van der Waals surface area contributed by atoms with Gasteiger partial charge in [0.2, 0.25) is 0 Å². The summed E-state index contributed by atoms with van der Waals surface area (Å²) in [5.74, 6) is 0.778. The molecule has 2 atom stereocenters. The Morgan fingerprint density at radius 1 is 1.14 bits per heavy atom. The third kappa shape index (κ3) is 3.70. The summed E-state index contributed by atoms with van der Waals surface area (Å²) in [5, 5.41) is 14.5. The van der Waals surface area contributed by atoms with Crippen molar-refractivity contribution in [2.45, 2.75) is 50.9 Å². The van der Waals surface area contributed by atoms with Crippen molar-refractivity contribution in [1.82, 2.24) is 15.3 Å². The molecule has 4 rings (SSSR count). The average Bonchev–Trinajstić information content (AvgIpc) is 3.01. The number of benzene rings is 1. The topological polar surface area (TPSA) is 90.1 Å². The van der Waals surface area contributed by atoms with Crippen LogP contribution in [0.1, 0.15) is 30.8 Å². The van der Waals surface area contributed by atoms with E-state index in [2.05, 4.69) is 27.4 Å². The molecular formula is C22H27N3O3. The van der Waals surface area contributed by atoms with Crippen molar-refractivity contribution in [3.05, 3.63) is 81.3 Å². The summed E-state index contributed by atoms with van der Waals surface area (Å²) in [6.45, 7) is 4.56. The van der Waals surface area contributed by atoms with Crippen molar-refractivity contribution < 1.29 is 9.84 Å². The number of ether oxygens (including phenoxy) is 1. The third-order valence-electron chi connectivity index (χ3n) is 5.55. The first-order valence-corrected chi connectivity index (χ1v) is 9.79. The standard InChI is InChI=1S/C22H27N3O3/c1-22(2)20(26)19(23-13-12-14-6-4-3-5-7-14)15-8-9-16-17(25-21(27)24-16)10-11-18(15)28-22/h3-8,11,19-20,23,26H,9-10,12-13H2,1-2H3,(H2,24,25,27)/b15-8+,18-11+. The highest BCUT2D eigenvalue weighted by Gasteiger charge is 2.44. The quantitative estimate of drug-likeness (QED) is 0.652. The van der Waals surface area contributed by atoms with Crippen LogP contribution in [-0.4, -0.2) is 39.4 Å². The van der Waals surface area contributed by atoms with Gasteiger partial charge in [-0.05, 0) is 38.5 Å². The van der Waals surface area contributed by atoms with Crippen molar-refractivity contribution in [2.75, 3.05) is 6.54 Å². The van der Waals surface area contributed by atoms with E-state index in [1.807, 2.05) is 44.2 Å². The Morgan fingerprint density at radius 2 is 1.82 bits per heavy atom. The Bertz CT molecular complexity index is 953. The van der Waals surface area contributed by atoms with Gasteiger partial charge in [0.15, 0.2) is 0 Å². The van der Waals surface area contributed by atoms with Gasteiger partial charge in [-0.1, -0.05) is 36.4 Å². The number of nitrogens with one attached hydrogen (secondary N) is 3. The number of hydrogen-bond donors (Lipinski definition) is 4. The minimum absolute atomic E-state index is 0.189. The van der Waals surface area contributed by atoms with Crippen LogP contribution >= 0.6 is 0 Å². The van der Waals surface area contributed by atoms with Gasteiger partial charge in [0.05, 0.1) is 6.04 Å². The predicted molar refractivity (Wildman–Crippen MR) is 108 cm³/mol. The molecule has 0 saturated carbocycles. The molecule has 2 unspecified atom stereocenters. The highest BCUT2D eigenvalue weighted by molar-refractivity contribution is 5.40. The monoisotopic (exact) mass is 381 g/mol. The van der Waals surface area contributed by atoms with Gasteiger partial charge >= 0.3 is 5.69 Å². The van der Waals surface area contributed by atoms with Crippen molar-refractivity contribution in [3.8, 4) is 0 Å². The first-order valence-electron chi connectivity index (χ1n) is 9.79. The van der Waals surface area contributed by atoms with Crippen LogP contribution in [0.4, 0.5) is 0 Å². The van der Waals surface area contributed by atoms with Crippen LogP contribution in [0.15, 0.2) is 58.6 Å². The number of rotatable bonds is 4. The molecule has 1 aliphatic heterocycles. The van der Waals surface area contributed by atoms with Crippen LogP contribution in [0, 0.1) is 0 Å². The highest BCUT2D eigenvalue weighted by Crippen LogP contribution is 2.36. The predicted octanol–water partition coefficient (Wildman–Crippen LogP) is 1.98. The molecule has 4 N–H and O–H groups in total. The molecule has 0 bridgehead atoms. The van der Waals surface area contributed by atoms with Crippen molar-refractivity contribution in [3.63, 3.8) is 0 Å². The highest BCUT2D eigenvalue weighted by atomic mass is 16.5. The summed E-state index contributed by atoms with van der Waals surface area (Å²) in [6, 6.07) is 10.1. The zero-order valence-corrected chi connectivity index (χ0v) is 16.3. The molecule has 6 heteroatoms. The Morgan fingerprint density at radius 3 is 2.54 bits per heavy atom. The molecule has 2 aliphatic rings. The minimum Gasteiger partial charge on any atom is -0.485 e. The smallest absolute Gasteiger partial charge is 0.323 e. The van der Waals surface area contributed by atoms with Gasteiger partial charge in [-0.15, -0.1) is 0 Å². The fourth-order valence-electron chi connectivity index (χ4n) is 3.96. The second kappa shape index (κ2) is 7.45. The number of aliphatic hydroxyl groups excluding tert-OH is 1. The van der Waals surface area contributed by atoms with Gasteiger partial charge in [-0.3, -0.25) is 0 Å². The molecule has 148 valence electrons. The zero-order valence-electron chi connectivity index (χ0n) is 16.3. The molecule has 1 fully saturated rings. The van der Waals surface area contributed by atoms with Crippen molar-refractivity contribution >= 4 is 0 Å². The number of aliphatic hydroxyl groups is 1. The van der Waals surface area contributed by atoms with E-state index in [1.54, 1.807) is 0 Å². The van der Waals surface area contributed by atoms with E-state index < -0.39 is 11.7 Å². The normalized spacial score (nSPS) is 27.1. The Hall–Kier alpha value is -2.57. The third-order valence-corrected chi connectivity index (χ3v) is 5.55. The maximum atomic E-state index is 11.7.